The number of pyridine rings is 1. The molecular formula is C17H18N2O4S. The van der Waals surface area contributed by atoms with E-state index in [1.807, 2.05) is 6.26 Å². The Kier molecular flexibility index (Phi) is 4.64. The highest BCUT2D eigenvalue weighted by Gasteiger charge is 2.27. The Labute approximate surface area is 144 Å². The number of aliphatic hydroxyl groups is 1. The summed E-state index contributed by atoms with van der Waals surface area (Å²) >= 11 is 1.40. The zero-order chi connectivity index (χ0) is 17.2. The second-order valence-electron chi connectivity index (χ2n) is 5.58. The van der Waals surface area contributed by atoms with Crippen molar-refractivity contribution in [3.8, 4) is 11.5 Å². The second kappa shape index (κ2) is 6.70. The number of aromatic nitrogens is 1. The van der Waals surface area contributed by atoms with Gasteiger partial charge in [0.15, 0.2) is 11.5 Å². The number of thioether (sulfide) groups is 1. The fourth-order valence-electron chi connectivity index (χ4n) is 2.41. The van der Waals surface area contributed by atoms with Crippen molar-refractivity contribution in [3.63, 3.8) is 0 Å². The number of nitrogens with one attached hydrogen (secondary N) is 1. The number of nitrogens with zero attached hydrogens (tertiary/aromatic N) is 1. The molecule has 0 fully saturated rings. The van der Waals surface area contributed by atoms with Gasteiger partial charge in [-0.1, -0.05) is 6.07 Å². The Bertz CT molecular complexity index is 764. The van der Waals surface area contributed by atoms with Crippen molar-refractivity contribution in [2.45, 2.75) is 17.6 Å². The summed E-state index contributed by atoms with van der Waals surface area (Å²) in [5.41, 5.74) is -0.104. The van der Waals surface area contributed by atoms with Gasteiger partial charge in [0.05, 0.1) is 12.1 Å². The van der Waals surface area contributed by atoms with Crippen molar-refractivity contribution in [3.05, 3.63) is 47.7 Å². The Morgan fingerprint density at radius 3 is 2.96 bits per heavy atom. The van der Waals surface area contributed by atoms with Crippen molar-refractivity contribution in [2.24, 2.45) is 0 Å². The van der Waals surface area contributed by atoms with Gasteiger partial charge in [-0.3, -0.25) is 4.79 Å². The Morgan fingerprint density at radius 1 is 1.38 bits per heavy atom. The molecule has 1 aromatic heterocycles. The summed E-state index contributed by atoms with van der Waals surface area (Å²) in [6.45, 7) is 1.88. The normalized spacial score (nSPS) is 15.0. The number of hydrogen-bond acceptors (Lipinski definition) is 6. The monoisotopic (exact) mass is 346 g/mol. The molecule has 0 radical (unpaired) electrons. The average Bonchev–Trinajstić information content (AvgIpc) is 3.07. The number of amides is 1. The van der Waals surface area contributed by atoms with E-state index in [9.17, 15) is 9.90 Å². The van der Waals surface area contributed by atoms with Crippen LogP contribution in [0.15, 0.2) is 41.6 Å². The van der Waals surface area contributed by atoms with Gasteiger partial charge in [-0.2, -0.15) is 0 Å². The van der Waals surface area contributed by atoms with Crippen molar-refractivity contribution in [1.29, 1.82) is 0 Å². The van der Waals surface area contributed by atoms with Crippen LogP contribution < -0.4 is 14.8 Å². The summed E-state index contributed by atoms with van der Waals surface area (Å²) in [7, 11) is 0. The molecule has 0 saturated carbocycles. The summed E-state index contributed by atoms with van der Waals surface area (Å²) in [4.78, 5) is 16.5. The Balaban J connectivity index is 1.72. The van der Waals surface area contributed by atoms with E-state index in [-0.39, 0.29) is 19.2 Å². The summed E-state index contributed by atoms with van der Waals surface area (Å²) < 4.78 is 10.6. The van der Waals surface area contributed by atoms with Crippen LogP contribution in [0.5, 0.6) is 11.5 Å². The van der Waals surface area contributed by atoms with E-state index in [0.717, 1.165) is 0 Å². The second-order valence-corrected chi connectivity index (χ2v) is 6.38. The van der Waals surface area contributed by atoms with Crippen molar-refractivity contribution >= 4 is 17.7 Å². The predicted octanol–water partition coefficient (Wildman–Crippen LogP) is 2.17. The molecule has 6 nitrogen and oxygen atoms in total. The fraction of sp³-hybridized carbons (Fsp3) is 0.294. The molecule has 3 rings (SSSR count). The van der Waals surface area contributed by atoms with Gasteiger partial charge in [0.2, 0.25) is 6.79 Å². The molecule has 24 heavy (non-hydrogen) atoms. The van der Waals surface area contributed by atoms with Crippen LogP contribution in [-0.4, -0.2) is 35.6 Å². The Hall–Kier alpha value is -2.25. The minimum absolute atomic E-state index is 0.0637. The van der Waals surface area contributed by atoms with Crippen LogP contribution in [0.2, 0.25) is 0 Å². The number of benzene rings is 1. The van der Waals surface area contributed by atoms with E-state index in [1.165, 1.54) is 11.8 Å². The molecule has 0 saturated heterocycles. The highest BCUT2D eigenvalue weighted by atomic mass is 32.2. The zero-order valence-electron chi connectivity index (χ0n) is 13.4. The molecule has 1 aliphatic heterocycles. The third-order valence-electron chi connectivity index (χ3n) is 3.80. The van der Waals surface area contributed by atoms with Crippen molar-refractivity contribution in [2.75, 3.05) is 19.6 Å². The third-order valence-corrected chi connectivity index (χ3v) is 4.51. The lowest BCUT2D eigenvalue weighted by molar-refractivity contribution is 0.0523. The number of carbonyl (C=O) groups is 1. The molecule has 1 amide bonds. The minimum Gasteiger partial charge on any atom is -0.454 e. The topological polar surface area (TPSA) is 80.7 Å². The molecule has 0 spiro atoms. The van der Waals surface area contributed by atoms with E-state index in [4.69, 9.17) is 9.47 Å². The summed E-state index contributed by atoms with van der Waals surface area (Å²) in [6, 6.07) is 8.66. The van der Waals surface area contributed by atoms with Crippen molar-refractivity contribution < 1.29 is 19.4 Å². The van der Waals surface area contributed by atoms with E-state index < -0.39 is 5.60 Å². The first-order chi connectivity index (χ1) is 11.5. The van der Waals surface area contributed by atoms with E-state index in [1.54, 1.807) is 43.5 Å². The molecule has 2 heterocycles. The van der Waals surface area contributed by atoms with E-state index in [2.05, 4.69) is 10.3 Å². The van der Waals surface area contributed by atoms with Crippen LogP contribution >= 0.6 is 11.8 Å². The molecule has 0 aliphatic carbocycles. The van der Waals surface area contributed by atoms with Gasteiger partial charge >= 0.3 is 0 Å². The van der Waals surface area contributed by atoms with Gasteiger partial charge in [-0.15, -0.1) is 11.8 Å². The smallest absolute Gasteiger partial charge is 0.254 e. The molecule has 1 aliphatic rings. The molecule has 1 atom stereocenters. The molecule has 7 heteroatoms. The molecular weight excluding hydrogens is 328 g/mol. The van der Waals surface area contributed by atoms with Gasteiger partial charge in [0.1, 0.15) is 10.6 Å². The SMILES string of the molecule is CSc1ncccc1C(=O)NCC(C)(O)c1ccc2c(c1)OCO2. The predicted molar refractivity (Wildman–Crippen MR) is 90.5 cm³/mol. The first-order valence-electron chi connectivity index (χ1n) is 7.41. The molecule has 1 unspecified atom stereocenters. The van der Waals surface area contributed by atoms with E-state index in [0.29, 0.717) is 27.7 Å². The third kappa shape index (κ3) is 3.32. The van der Waals surface area contributed by atoms with Gasteiger partial charge < -0.3 is 19.9 Å². The Morgan fingerprint density at radius 2 is 2.17 bits per heavy atom. The molecule has 2 aromatic rings. The van der Waals surface area contributed by atoms with Gasteiger partial charge in [0.25, 0.3) is 5.91 Å². The maximum Gasteiger partial charge on any atom is 0.254 e. The standard InChI is InChI=1S/C17H18N2O4S/c1-17(21,11-5-6-13-14(8-11)23-10-22-13)9-19-15(20)12-4-3-7-18-16(12)24-2/h3-8,21H,9-10H2,1-2H3,(H,19,20). The minimum atomic E-state index is -1.24. The lowest BCUT2D eigenvalue weighted by Crippen LogP contribution is -2.38. The number of fused-ring (bicyclic) bond motifs is 1. The largest absolute Gasteiger partial charge is 0.454 e. The molecule has 126 valence electrons. The maximum absolute atomic E-state index is 12.4. The van der Waals surface area contributed by atoms with Crippen LogP contribution in [-0.2, 0) is 5.60 Å². The summed E-state index contributed by atoms with van der Waals surface area (Å²) in [5, 5.41) is 14.1. The van der Waals surface area contributed by atoms with E-state index >= 15 is 0 Å². The van der Waals surface area contributed by atoms with Crippen molar-refractivity contribution in [1.82, 2.24) is 10.3 Å². The lowest BCUT2D eigenvalue weighted by atomic mass is 9.95. The van der Waals surface area contributed by atoms with Crippen LogP contribution in [0, 0.1) is 0 Å². The average molecular weight is 346 g/mol. The highest BCUT2D eigenvalue weighted by Crippen LogP contribution is 2.35. The lowest BCUT2D eigenvalue weighted by Gasteiger charge is -2.24. The maximum atomic E-state index is 12.4. The molecule has 2 N–H and O–H groups in total. The quantitative estimate of drug-likeness (QED) is 0.808. The van der Waals surface area contributed by atoms with Crippen LogP contribution in [0.3, 0.4) is 0 Å². The molecule has 0 bridgehead atoms. The van der Waals surface area contributed by atoms with Crippen LogP contribution in [0.25, 0.3) is 0 Å². The first kappa shape index (κ1) is 16.6. The number of rotatable bonds is 5. The number of hydrogen-bond donors (Lipinski definition) is 2. The summed E-state index contributed by atoms with van der Waals surface area (Å²) in [6.07, 6.45) is 3.51. The number of ether oxygens (including phenoxy) is 2. The first-order valence-corrected chi connectivity index (χ1v) is 8.63. The van der Waals surface area contributed by atoms with Gasteiger partial charge in [-0.25, -0.2) is 4.98 Å². The van der Waals surface area contributed by atoms with Crippen LogP contribution in [0.4, 0.5) is 0 Å². The van der Waals surface area contributed by atoms with Gasteiger partial charge in [0, 0.05) is 6.20 Å². The van der Waals surface area contributed by atoms with Crippen LogP contribution in [0.1, 0.15) is 22.8 Å². The van der Waals surface area contributed by atoms with Gasteiger partial charge in [-0.05, 0) is 43.0 Å². The molecule has 1 aromatic carbocycles. The fourth-order valence-corrected chi connectivity index (χ4v) is 2.95. The number of carbonyl (C=O) groups excluding carboxylic acids is 1. The highest BCUT2D eigenvalue weighted by molar-refractivity contribution is 7.98. The summed E-state index contributed by atoms with van der Waals surface area (Å²) in [5.74, 6) is 0.975. The zero-order valence-corrected chi connectivity index (χ0v) is 14.2.